The molecule has 1 rings (SSSR count). The maximum atomic E-state index is 12.7. The summed E-state index contributed by atoms with van der Waals surface area (Å²) in [5, 5.41) is 0. The molecule has 1 heterocycles. The van der Waals surface area contributed by atoms with Crippen molar-refractivity contribution < 1.29 is 0 Å². The van der Waals surface area contributed by atoms with E-state index in [2.05, 4.69) is 32.9 Å². The third kappa shape index (κ3) is 5.15. The molecular formula is C18H33NOSn. The molecule has 0 N–H and O–H groups in total. The van der Waals surface area contributed by atoms with Crippen molar-refractivity contribution in [1.29, 1.82) is 0 Å². The van der Waals surface area contributed by atoms with Crippen LogP contribution < -0.4 is 9.14 Å². The Hall–Kier alpha value is -0.251. The van der Waals surface area contributed by atoms with Crippen LogP contribution in [0.4, 0.5) is 0 Å². The van der Waals surface area contributed by atoms with E-state index in [1.165, 1.54) is 55.4 Å². The number of hydrogen-bond acceptors (Lipinski definition) is 1. The van der Waals surface area contributed by atoms with Crippen molar-refractivity contribution in [3.8, 4) is 0 Å². The monoisotopic (exact) mass is 399 g/mol. The Kier molecular flexibility index (Phi) is 8.68. The number of unbranched alkanes of at least 4 members (excludes halogenated alkanes) is 3. The Morgan fingerprint density at radius 1 is 0.952 bits per heavy atom. The molecule has 0 saturated carbocycles. The van der Waals surface area contributed by atoms with Gasteiger partial charge >= 0.3 is 135 Å². The van der Waals surface area contributed by atoms with Gasteiger partial charge in [-0.15, -0.1) is 0 Å². The fraction of sp³-hybridized carbons (Fsp3) is 0.722. The molecule has 0 spiro atoms. The van der Waals surface area contributed by atoms with E-state index in [1.807, 2.05) is 13.2 Å². The van der Waals surface area contributed by atoms with Crippen LogP contribution >= 0.6 is 0 Å². The third-order valence-electron chi connectivity index (χ3n) is 4.72. The van der Waals surface area contributed by atoms with Crippen LogP contribution in [-0.2, 0) is 7.05 Å². The van der Waals surface area contributed by atoms with Crippen LogP contribution in [0, 0.1) is 0 Å². The quantitative estimate of drug-likeness (QED) is 0.535. The van der Waals surface area contributed by atoms with Crippen LogP contribution in [0.2, 0.25) is 13.3 Å². The molecule has 120 valence electrons. The van der Waals surface area contributed by atoms with Gasteiger partial charge in [0.05, 0.1) is 0 Å². The number of pyridine rings is 1. The summed E-state index contributed by atoms with van der Waals surface area (Å²) in [5.74, 6) is 0. The first-order valence-corrected chi connectivity index (χ1v) is 16.3. The molecule has 0 saturated heterocycles. The molecule has 0 aliphatic rings. The second kappa shape index (κ2) is 9.70. The van der Waals surface area contributed by atoms with Gasteiger partial charge in [-0.25, -0.2) is 0 Å². The van der Waals surface area contributed by atoms with E-state index in [-0.39, 0.29) is 0 Å². The first-order valence-electron chi connectivity index (χ1n) is 8.77. The summed E-state index contributed by atoms with van der Waals surface area (Å²) in [7, 11) is 1.90. The van der Waals surface area contributed by atoms with E-state index in [0.717, 1.165) is 0 Å². The zero-order chi connectivity index (χ0) is 15.7. The molecule has 0 atom stereocenters. The molecule has 0 aromatic carbocycles. The van der Waals surface area contributed by atoms with E-state index < -0.39 is 18.4 Å². The van der Waals surface area contributed by atoms with Crippen molar-refractivity contribution in [2.24, 2.45) is 7.05 Å². The Labute approximate surface area is 134 Å². The summed E-state index contributed by atoms with van der Waals surface area (Å²) in [5.41, 5.74) is 0.302. The number of rotatable bonds is 10. The van der Waals surface area contributed by atoms with Crippen molar-refractivity contribution >= 4 is 22.0 Å². The minimum atomic E-state index is -2.53. The molecule has 3 heteroatoms. The van der Waals surface area contributed by atoms with Gasteiger partial charge in [-0.3, -0.25) is 0 Å². The molecular weight excluding hydrogens is 365 g/mol. The molecule has 2 nitrogen and oxygen atoms in total. The average Bonchev–Trinajstić information content (AvgIpc) is 2.50. The van der Waals surface area contributed by atoms with E-state index in [9.17, 15) is 4.79 Å². The molecule has 0 amide bonds. The molecule has 1 aromatic heterocycles. The van der Waals surface area contributed by atoms with Gasteiger partial charge in [0, 0.05) is 0 Å². The van der Waals surface area contributed by atoms with Gasteiger partial charge in [-0.2, -0.15) is 0 Å². The molecule has 1 aromatic rings. The summed E-state index contributed by atoms with van der Waals surface area (Å²) in [4.78, 5) is 12.7. The topological polar surface area (TPSA) is 22.0 Å². The predicted octanol–water partition coefficient (Wildman–Crippen LogP) is 4.44. The zero-order valence-electron chi connectivity index (χ0n) is 14.5. The van der Waals surface area contributed by atoms with Crippen LogP contribution in [0.15, 0.2) is 23.1 Å². The molecule has 0 fully saturated rings. The number of aromatic nitrogens is 1. The van der Waals surface area contributed by atoms with Crippen molar-refractivity contribution in [3.05, 3.63) is 28.7 Å². The van der Waals surface area contributed by atoms with Gasteiger partial charge in [0.2, 0.25) is 0 Å². The van der Waals surface area contributed by atoms with Crippen LogP contribution in [0.3, 0.4) is 0 Å². The molecule has 0 aliphatic heterocycles. The summed E-state index contributed by atoms with van der Waals surface area (Å²) in [6.07, 6.45) is 9.59. The predicted molar refractivity (Wildman–Crippen MR) is 96.2 cm³/mol. The van der Waals surface area contributed by atoms with Crippen molar-refractivity contribution in [2.45, 2.75) is 72.6 Å². The van der Waals surface area contributed by atoms with E-state index in [0.29, 0.717) is 5.56 Å². The van der Waals surface area contributed by atoms with Crippen LogP contribution in [0.1, 0.15) is 59.3 Å². The summed E-state index contributed by atoms with van der Waals surface area (Å²) >= 11 is -2.53. The Morgan fingerprint density at radius 3 is 1.86 bits per heavy atom. The summed E-state index contributed by atoms with van der Waals surface area (Å²) in [6.45, 7) is 6.83. The normalized spacial score (nSPS) is 11.8. The second-order valence-electron chi connectivity index (χ2n) is 6.43. The van der Waals surface area contributed by atoms with Crippen molar-refractivity contribution in [1.82, 2.24) is 4.57 Å². The van der Waals surface area contributed by atoms with Crippen LogP contribution in [-0.4, -0.2) is 22.9 Å². The molecule has 21 heavy (non-hydrogen) atoms. The average molecular weight is 398 g/mol. The second-order valence-corrected chi connectivity index (χ2v) is 19.6. The fourth-order valence-corrected chi connectivity index (χ4v) is 19.7. The van der Waals surface area contributed by atoms with E-state index in [4.69, 9.17) is 0 Å². The van der Waals surface area contributed by atoms with E-state index >= 15 is 0 Å². The van der Waals surface area contributed by atoms with Gasteiger partial charge < -0.3 is 0 Å². The Bertz CT molecular complexity index is 445. The van der Waals surface area contributed by atoms with Gasteiger partial charge in [-0.05, 0) is 0 Å². The Morgan fingerprint density at radius 2 is 1.43 bits per heavy atom. The maximum absolute atomic E-state index is 12.7. The standard InChI is InChI=1S/C6H6NO.3C4H9.Sn/c1-7-5-3-2-4-6(7)8;3*1-3-4-2;/h2-3,5H,1H3;3*1,3-4H2,2H3;. The number of aryl methyl sites for hydroxylation is 1. The summed E-state index contributed by atoms with van der Waals surface area (Å²) < 4.78 is 7.16. The first-order chi connectivity index (χ1) is 10.1. The van der Waals surface area contributed by atoms with Crippen molar-refractivity contribution in [3.63, 3.8) is 0 Å². The van der Waals surface area contributed by atoms with Crippen LogP contribution in [0.25, 0.3) is 0 Å². The number of nitrogens with zero attached hydrogens (tertiary/aromatic N) is 1. The molecule has 0 unspecified atom stereocenters. The van der Waals surface area contributed by atoms with Gasteiger partial charge in [-0.1, -0.05) is 0 Å². The van der Waals surface area contributed by atoms with Crippen LogP contribution in [0.5, 0.6) is 0 Å². The van der Waals surface area contributed by atoms with Crippen molar-refractivity contribution in [2.75, 3.05) is 0 Å². The van der Waals surface area contributed by atoms with Gasteiger partial charge in [0.15, 0.2) is 0 Å². The number of hydrogen-bond donors (Lipinski definition) is 0. The first kappa shape index (κ1) is 18.8. The zero-order valence-corrected chi connectivity index (χ0v) is 17.3. The third-order valence-corrected chi connectivity index (χ3v) is 20.3. The molecule has 0 aliphatic carbocycles. The van der Waals surface area contributed by atoms with Gasteiger partial charge in [0.1, 0.15) is 0 Å². The Balaban J connectivity index is 3.23. The summed E-state index contributed by atoms with van der Waals surface area (Å²) in [6, 6.07) is 4.27. The molecule has 0 radical (unpaired) electrons. The molecule has 0 bridgehead atoms. The SMILES string of the molecule is CCC[CH2][Sn]([CH2]CCC)([CH2]CCC)[c]1cccn(C)c1=O. The van der Waals surface area contributed by atoms with Gasteiger partial charge in [0.25, 0.3) is 0 Å². The van der Waals surface area contributed by atoms with E-state index in [1.54, 1.807) is 4.57 Å². The fourth-order valence-electron chi connectivity index (χ4n) is 3.33. The minimum absolute atomic E-state index is 0.302.